The summed E-state index contributed by atoms with van der Waals surface area (Å²) in [4.78, 5) is 59.4. The predicted octanol–water partition coefficient (Wildman–Crippen LogP) is 13.2. The minimum Gasteiger partial charge on any atom is -0.478 e. The molecule has 0 saturated carbocycles. The Morgan fingerprint density at radius 3 is 1.33 bits per heavy atom. The Hall–Kier alpha value is -5.62. The molecule has 0 aliphatic heterocycles. The van der Waals surface area contributed by atoms with Gasteiger partial charge in [-0.15, -0.1) is 0 Å². The van der Waals surface area contributed by atoms with Crippen molar-refractivity contribution < 1.29 is 50.6 Å². The first-order valence-electron chi connectivity index (χ1n) is 18.5. The summed E-state index contributed by atoms with van der Waals surface area (Å²) in [5.74, 6) is -2.98. The topological polar surface area (TPSA) is 142 Å². The van der Waals surface area contributed by atoms with Crippen molar-refractivity contribution in [2.45, 2.75) is 25.4 Å². The minimum absolute atomic E-state index is 0.0399. The Balaban J connectivity index is 0.000000248. The average molecular weight is 1030 g/mol. The molecule has 66 heavy (non-hydrogen) atoms. The van der Waals surface area contributed by atoms with E-state index < -0.39 is 51.1 Å². The number of carboxylic acids is 1. The van der Waals surface area contributed by atoms with E-state index in [4.69, 9.17) is 69.6 Å². The normalized spacial score (nSPS) is 11.3. The number of carbonyl (C=O) groups is 4. The number of carboxylic acid groups (broad SMARTS) is 1. The molecule has 4 aromatic carbocycles. The monoisotopic (exact) mass is 1030 g/mol. The summed E-state index contributed by atoms with van der Waals surface area (Å²) in [7, 11) is 3.10. The van der Waals surface area contributed by atoms with Crippen LogP contribution in [0.2, 0.25) is 30.1 Å². The maximum Gasteiger partial charge on any atom is 0.417 e. The van der Waals surface area contributed by atoms with Crippen LogP contribution in [0, 0.1) is 0 Å². The van der Waals surface area contributed by atoms with Crippen LogP contribution < -0.4 is 10.6 Å². The fourth-order valence-electron chi connectivity index (χ4n) is 5.94. The SMILES string of the molecule is CN(C)C(=O)c1cccc(C(=O)c2ncc(Cl)cc2NCc2ccc(Cl)c(C(F)(F)F)c2)c1Cl.O=C(O)c1cccc(C(=O)c2ncc(Cl)cc2NCc2ccc(Cl)c(C(F)(F)F)c2)c1Cl. The van der Waals surface area contributed by atoms with Crippen molar-refractivity contribution >= 4 is 104 Å². The van der Waals surface area contributed by atoms with E-state index in [2.05, 4.69) is 20.6 Å². The number of anilines is 2. The van der Waals surface area contributed by atoms with E-state index >= 15 is 0 Å². The van der Waals surface area contributed by atoms with Crippen molar-refractivity contribution in [2.75, 3.05) is 24.7 Å². The number of alkyl halides is 6. The molecule has 6 aromatic rings. The lowest BCUT2D eigenvalue weighted by molar-refractivity contribution is -0.138. The first kappa shape index (κ1) is 51.4. The number of hydrogen-bond donors (Lipinski definition) is 3. The average Bonchev–Trinajstić information content (AvgIpc) is 3.24. The molecular weight excluding hydrogens is 1010 g/mol. The summed E-state index contributed by atoms with van der Waals surface area (Å²) in [6.45, 7) is -0.180. The lowest BCUT2D eigenvalue weighted by atomic mass is 10.0. The summed E-state index contributed by atoms with van der Waals surface area (Å²) in [5.41, 5.74) is -1.52. The van der Waals surface area contributed by atoms with Crippen LogP contribution in [0.4, 0.5) is 37.7 Å². The first-order chi connectivity index (χ1) is 30.9. The van der Waals surface area contributed by atoms with E-state index in [-0.39, 0.29) is 95.2 Å². The fraction of sp³-hybridized carbons (Fsp3) is 0.136. The predicted molar refractivity (Wildman–Crippen MR) is 241 cm³/mol. The molecule has 0 unspecified atom stereocenters. The number of benzene rings is 4. The van der Waals surface area contributed by atoms with Gasteiger partial charge in [0.05, 0.1) is 63.8 Å². The highest BCUT2D eigenvalue weighted by atomic mass is 35.5. The summed E-state index contributed by atoms with van der Waals surface area (Å²) in [6, 6.07) is 18.1. The van der Waals surface area contributed by atoms with E-state index in [9.17, 15) is 50.6 Å². The van der Waals surface area contributed by atoms with Gasteiger partial charge in [0, 0.05) is 50.7 Å². The number of amides is 1. The molecule has 22 heteroatoms. The molecule has 0 radical (unpaired) electrons. The molecule has 0 aliphatic rings. The Kier molecular flexibility index (Phi) is 16.6. The van der Waals surface area contributed by atoms with Gasteiger partial charge in [-0.05, 0) is 71.8 Å². The molecule has 0 saturated heterocycles. The third-order valence-electron chi connectivity index (χ3n) is 9.13. The summed E-state index contributed by atoms with van der Waals surface area (Å²) < 4.78 is 78.8. The van der Waals surface area contributed by atoms with Crippen molar-refractivity contribution in [1.82, 2.24) is 14.9 Å². The van der Waals surface area contributed by atoms with Gasteiger partial charge in [-0.3, -0.25) is 14.4 Å². The summed E-state index contributed by atoms with van der Waals surface area (Å²) in [5, 5.41) is 14.2. The molecule has 2 aromatic heterocycles. The van der Waals surface area contributed by atoms with E-state index in [0.717, 1.165) is 24.3 Å². The van der Waals surface area contributed by atoms with Crippen LogP contribution in [0.3, 0.4) is 0 Å². The van der Waals surface area contributed by atoms with Crippen LogP contribution in [-0.2, 0) is 25.4 Å². The number of pyridine rings is 2. The number of rotatable bonds is 12. The van der Waals surface area contributed by atoms with Gasteiger partial charge in [0.25, 0.3) is 5.91 Å². The van der Waals surface area contributed by atoms with Gasteiger partial charge in [-0.2, -0.15) is 26.3 Å². The van der Waals surface area contributed by atoms with E-state index in [1.807, 2.05) is 0 Å². The van der Waals surface area contributed by atoms with Crippen molar-refractivity contribution in [3.05, 3.63) is 183 Å². The number of nitrogens with one attached hydrogen (secondary N) is 2. The first-order valence-corrected chi connectivity index (χ1v) is 20.8. The molecule has 0 aliphatic carbocycles. The number of ketones is 2. The van der Waals surface area contributed by atoms with Crippen LogP contribution in [-0.4, -0.2) is 57.5 Å². The van der Waals surface area contributed by atoms with Gasteiger partial charge in [0.15, 0.2) is 0 Å². The zero-order valence-corrected chi connectivity index (χ0v) is 38.1. The second-order valence-electron chi connectivity index (χ2n) is 13.9. The van der Waals surface area contributed by atoms with Gasteiger partial charge < -0.3 is 20.6 Å². The lowest BCUT2D eigenvalue weighted by Gasteiger charge is -2.15. The van der Waals surface area contributed by atoms with Crippen LogP contribution in [0.25, 0.3) is 0 Å². The molecule has 0 fully saturated rings. The molecule has 0 spiro atoms. The number of aromatic nitrogens is 2. The van der Waals surface area contributed by atoms with Crippen LogP contribution in [0.15, 0.2) is 97.3 Å². The van der Waals surface area contributed by atoms with Gasteiger partial charge in [0.1, 0.15) is 11.4 Å². The number of nitrogens with zero attached hydrogens (tertiary/aromatic N) is 3. The zero-order chi connectivity index (χ0) is 48.8. The number of halogens is 12. The molecule has 0 atom stereocenters. The fourth-order valence-corrected chi connectivity index (χ4v) is 7.30. The number of carbonyl (C=O) groups excluding carboxylic acids is 3. The van der Waals surface area contributed by atoms with E-state index in [1.165, 1.54) is 78.0 Å². The smallest absolute Gasteiger partial charge is 0.417 e. The molecule has 3 N–H and O–H groups in total. The molecule has 1 amide bonds. The standard InChI is InChI=1S/C23H17Cl3F3N3O2.C21H12Cl3F3N2O3/c1-32(2)22(34)15-5-3-4-14(19(15)26)21(33)20-18(9-13(24)11-31-20)30-10-12-6-7-17(25)16(8-12)23(27,28)29;22-11-7-16(28-8-10-4-5-15(23)14(6-10)21(25,26)27)18(29-9-11)19(30)12-2-1-3-13(17(12)24)20(31)32/h3-9,11,30H,10H2,1-2H3;1-7,9,28H,8H2,(H,31,32). The third-order valence-corrected chi connectivity index (χ3v) is 11.0. The van der Waals surface area contributed by atoms with Crippen LogP contribution in [0.5, 0.6) is 0 Å². The van der Waals surface area contributed by atoms with Crippen molar-refractivity contribution in [3.63, 3.8) is 0 Å². The molecule has 344 valence electrons. The minimum atomic E-state index is -4.63. The molecule has 0 bridgehead atoms. The summed E-state index contributed by atoms with van der Waals surface area (Å²) in [6.07, 6.45) is -6.78. The van der Waals surface area contributed by atoms with Crippen LogP contribution >= 0.6 is 69.6 Å². The Labute approximate surface area is 401 Å². The second kappa shape index (κ2) is 21.3. The Morgan fingerprint density at radius 2 is 0.955 bits per heavy atom. The Bertz CT molecular complexity index is 2860. The third kappa shape index (κ3) is 12.4. The lowest BCUT2D eigenvalue weighted by Crippen LogP contribution is -2.22. The molecule has 10 nitrogen and oxygen atoms in total. The van der Waals surface area contributed by atoms with Crippen molar-refractivity contribution in [3.8, 4) is 0 Å². The highest BCUT2D eigenvalue weighted by Gasteiger charge is 2.34. The largest absolute Gasteiger partial charge is 0.478 e. The summed E-state index contributed by atoms with van der Waals surface area (Å²) >= 11 is 35.8. The molecule has 2 heterocycles. The quantitative estimate of drug-likeness (QED) is 0.0807. The maximum absolute atomic E-state index is 13.3. The number of hydrogen-bond acceptors (Lipinski definition) is 8. The Morgan fingerprint density at radius 1 is 0.576 bits per heavy atom. The highest BCUT2D eigenvalue weighted by molar-refractivity contribution is 6.39. The van der Waals surface area contributed by atoms with E-state index in [0.29, 0.717) is 0 Å². The molecular formula is C44H29Cl6F6N5O5. The highest BCUT2D eigenvalue weighted by Crippen LogP contribution is 2.37. The van der Waals surface area contributed by atoms with Gasteiger partial charge in [-0.25, -0.2) is 14.8 Å². The van der Waals surface area contributed by atoms with Gasteiger partial charge in [0.2, 0.25) is 11.6 Å². The maximum atomic E-state index is 13.3. The van der Waals surface area contributed by atoms with E-state index in [1.54, 1.807) is 14.1 Å². The van der Waals surface area contributed by atoms with Gasteiger partial charge >= 0.3 is 18.3 Å². The molecule has 6 rings (SSSR count). The zero-order valence-electron chi connectivity index (χ0n) is 33.6. The second-order valence-corrected chi connectivity index (χ2v) is 16.4. The van der Waals surface area contributed by atoms with Crippen molar-refractivity contribution in [2.24, 2.45) is 0 Å². The van der Waals surface area contributed by atoms with Crippen molar-refractivity contribution in [1.29, 1.82) is 0 Å². The van der Waals surface area contributed by atoms with Crippen LogP contribution in [0.1, 0.15) is 75.1 Å². The number of aromatic carboxylic acids is 1. The van der Waals surface area contributed by atoms with Gasteiger partial charge in [-0.1, -0.05) is 93.9 Å².